The summed E-state index contributed by atoms with van der Waals surface area (Å²) < 4.78 is 10.2. The molecule has 1 rings (SSSR count). The standard InChI is InChI=1S/C14H19BrO3/c1-17-13-8-6-12(7-9-13)14(16)18-11-5-3-2-4-10-15/h6-9H,2-5,10-11H2,1H3. The van der Waals surface area contributed by atoms with Crippen LogP contribution in [0.2, 0.25) is 0 Å². The number of benzene rings is 1. The Balaban J connectivity index is 2.23. The summed E-state index contributed by atoms with van der Waals surface area (Å²) >= 11 is 3.39. The molecule has 0 atom stereocenters. The van der Waals surface area contributed by atoms with Crippen LogP contribution >= 0.6 is 15.9 Å². The van der Waals surface area contributed by atoms with Gasteiger partial charge in [0.15, 0.2) is 0 Å². The zero-order valence-corrected chi connectivity index (χ0v) is 12.2. The van der Waals surface area contributed by atoms with Crippen molar-refractivity contribution in [3.05, 3.63) is 29.8 Å². The van der Waals surface area contributed by atoms with Gasteiger partial charge in [0.25, 0.3) is 0 Å². The van der Waals surface area contributed by atoms with E-state index in [0.717, 1.165) is 23.9 Å². The first-order valence-electron chi connectivity index (χ1n) is 6.15. The molecule has 0 fully saturated rings. The number of halogens is 1. The Kier molecular flexibility index (Phi) is 7.49. The third-order valence-electron chi connectivity index (χ3n) is 2.59. The lowest BCUT2D eigenvalue weighted by atomic mass is 10.2. The number of rotatable bonds is 8. The molecule has 100 valence electrons. The molecular formula is C14H19BrO3. The van der Waals surface area contributed by atoms with Gasteiger partial charge in [-0.15, -0.1) is 0 Å². The van der Waals surface area contributed by atoms with Gasteiger partial charge in [0, 0.05) is 5.33 Å². The van der Waals surface area contributed by atoms with Gasteiger partial charge < -0.3 is 9.47 Å². The number of hydrogen-bond acceptors (Lipinski definition) is 3. The minimum atomic E-state index is -0.266. The van der Waals surface area contributed by atoms with E-state index in [1.165, 1.54) is 12.8 Å². The molecule has 0 saturated heterocycles. The Hall–Kier alpha value is -1.03. The molecule has 0 aliphatic carbocycles. The molecule has 18 heavy (non-hydrogen) atoms. The third kappa shape index (κ3) is 5.54. The molecule has 0 radical (unpaired) electrons. The van der Waals surface area contributed by atoms with Crippen LogP contribution in [0.15, 0.2) is 24.3 Å². The molecule has 0 aromatic heterocycles. The summed E-state index contributed by atoms with van der Waals surface area (Å²) in [6.45, 7) is 0.493. The van der Waals surface area contributed by atoms with E-state index in [2.05, 4.69) is 15.9 Å². The lowest BCUT2D eigenvalue weighted by Crippen LogP contribution is -2.06. The van der Waals surface area contributed by atoms with Crippen molar-refractivity contribution in [3.63, 3.8) is 0 Å². The van der Waals surface area contributed by atoms with Gasteiger partial charge in [-0.3, -0.25) is 0 Å². The van der Waals surface area contributed by atoms with Crippen molar-refractivity contribution in [2.24, 2.45) is 0 Å². The van der Waals surface area contributed by atoms with Crippen LogP contribution in [0, 0.1) is 0 Å². The molecule has 0 saturated carbocycles. The van der Waals surface area contributed by atoms with Gasteiger partial charge in [-0.25, -0.2) is 4.79 Å². The number of esters is 1. The van der Waals surface area contributed by atoms with Gasteiger partial charge in [0.2, 0.25) is 0 Å². The largest absolute Gasteiger partial charge is 0.497 e. The number of hydrogen-bond donors (Lipinski definition) is 0. The Morgan fingerprint density at radius 1 is 1.11 bits per heavy atom. The molecule has 3 nitrogen and oxygen atoms in total. The molecule has 1 aromatic rings. The quantitative estimate of drug-likeness (QED) is 0.416. The second-order valence-electron chi connectivity index (χ2n) is 3.97. The zero-order chi connectivity index (χ0) is 13.2. The average Bonchev–Trinajstić information content (AvgIpc) is 2.42. The molecule has 0 aliphatic rings. The first-order chi connectivity index (χ1) is 8.77. The van der Waals surface area contributed by atoms with E-state index in [4.69, 9.17) is 9.47 Å². The normalized spacial score (nSPS) is 10.1. The maximum absolute atomic E-state index is 11.7. The minimum absolute atomic E-state index is 0.266. The SMILES string of the molecule is COc1ccc(C(=O)OCCCCCCBr)cc1. The van der Waals surface area contributed by atoms with Crippen molar-refractivity contribution in [1.82, 2.24) is 0 Å². The predicted octanol–water partition coefficient (Wildman–Crippen LogP) is 3.81. The molecule has 0 aliphatic heterocycles. The number of unbranched alkanes of at least 4 members (excludes halogenated alkanes) is 3. The summed E-state index contributed by atoms with van der Waals surface area (Å²) in [6.07, 6.45) is 4.37. The van der Waals surface area contributed by atoms with Crippen LogP contribution in [0.3, 0.4) is 0 Å². The molecule has 0 amide bonds. The summed E-state index contributed by atoms with van der Waals surface area (Å²) in [6, 6.07) is 6.94. The highest BCUT2D eigenvalue weighted by molar-refractivity contribution is 9.09. The van der Waals surface area contributed by atoms with Gasteiger partial charge >= 0.3 is 5.97 Å². The van der Waals surface area contributed by atoms with E-state index in [1.54, 1.807) is 31.4 Å². The van der Waals surface area contributed by atoms with Crippen LogP contribution in [0.1, 0.15) is 36.0 Å². The van der Waals surface area contributed by atoms with Crippen LogP contribution in [-0.4, -0.2) is 25.0 Å². The number of methoxy groups -OCH3 is 1. The third-order valence-corrected chi connectivity index (χ3v) is 3.15. The number of ether oxygens (including phenoxy) is 2. The van der Waals surface area contributed by atoms with Gasteiger partial charge in [-0.1, -0.05) is 28.8 Å². The lowest BCUT2D eigenvalue weighted by Gasteiger charge is -2.05. The fourth-order valence-corrected chi connectivity index (χ4v) is 1.92. The van der Waals surface area contributed by atoms with E-state index < -0.39 is 0 Å². The van der Waals surface area contributed by atoms with E-state index in [1.807, 2.05) is 0 Å². The molecular weight excluding hydrogens is 296 g/mol. The van der Waals surface area contributed by atoms with E-state index >= 15 is 0 Å². The van der Waals surface area contributed by atoms with Gasteiger partial charge in [0.1, 0.15) is 5.75 Å². The first-order valence-corrected chi connectivity index (χ1v) is 7.27. The van der Waals surface area contributed by atoms with Gasteiger partial charge in [0.05, 0.1) is 19.3 Å². The maximum Gasteiger partial charge on any atom is 0.338 e. The maximum atomic E-state index is 11.7. The molecule has 0 N–H and O–H groups in total. The Bertz CT molecular complexity index is 349. The molecule has 1 aromatic carbocycles. The molecule has 0 bridgehead atoms. The highest BCUT2D eigenvalue weighted by atomic mass is 79.9. The summed E-state index contributed by atoms with van der Waals surface area (Å²) in [5.74, 6) is 0.472. The monoisotopic (exact) mass is 314 g/mol. The zero-order valence-electron chi connectivity index (χ0n) is 10.7. The summed E-state index contributed by atoms with van der Waals surface area (Å²) in [5.41, 5.74) is 0.566. The summed E-state index contributed by atoms with van der Waals surface area (Å²) in [5, 5.41) is 1.04. The highest BCUT2D eigenvalue weighted by Crippen LogP contribution is 2.12. The van der Waals surface area contributed by atoms with Gasteiger partial charge in [-0.05, 0) is 37.1 Å². The fraction of sp³-hybridized carbons (Fsp3) is 0.500. The second kappa shape index (κ2) is 8.97. The highest BCUT2D eigenvalue weighted by Gasteiger charge is 2.06. The second-order valence-corrected chi connectivity index (χ2v) is 4.76. The average molecular weight is 315 g/mol. The number of carbonyl (C=O) groups excluding carboxylic acids is 1. The minimum Gasteiger partial charge on any atom is -0.497 e. The molecule has 0 unspecified atom stereocenters. The fourth-order valence-electron chi connectivity index (χ4n) is 1.53. The Labute approximate surface area is 117 Å². The van der Waals surface area contributed by atoms with Crippen molar-refractivity contribution >= 4 is 21.9 Å². The Morgan fingerprint density at radius 2 is 1.78 bits per heavy atom. The topological polar surface area (TPSA) is 35.5 Å². The molecule has 0 heterocycles. The lowest BCUT2D eigenvalue weighted by molar-refractivity contribution is 0.0498. The number of carbonyl (C=O) groups is 1. The molecule has 4 heteroatoms. The number of alkyl halides is 1. The molecule has 0 spiro atoms. The predicted molar refractivity (Wildman–Crippen MR) is 75.5 cm³/mol. The van der Waals surface area contributed by atoms with Gasteiger partial charge in [-0.2, -0.15) is 0 Å². The van der Waals surface area contributed by atoms with E-state index in [-0.39, 0.29) is 5.97 Å². The van der Waals surface area contributed by atoms with Crippen molar-refractivity contribution in [3.8, 4) is 5.75 Å². The van der Waals surface area contributed by atoms with Crippen LogP contribution in [0.25, 0.3) is 0 Å². The van der Waals surface area contributed by atoms with Crippen molar-refractivity contribution in [1.29, 1.82) is 0 Å². The van der Waals surface area contributed by atoms with Crippen LogP contribution < -0.4 is 4.74 Å². The summed E-state index contributed by atoms with van der Waals surface area (Å²) in [7, 11) is 1.60. The summed E-state index contributed by atoms with van der Waals surface area (Å²) in [4.78, 5) is 11.7. The first kappa shape index (κ1) is 15.0. The van der Waals surface area contributed by atoms with Crippen molar-refractivity contribution < 1.29 is 14.3 Å². The van der Waals surface area contributed by atoms with Crippen molar-refractivity contribution in [2.75, 3.05) is 19.0 Å². The smallest absolute Gasteiger partial charge is 0.338 e. The van der Waals surface area contributed by atoms with E-state index in [0.29, 0.717) is 12.2 Å². The Morgan fingerprint density at radius 3 is 2.39 bits per heavy atom. The van der Waals surface area contributed by atoms with Crippen LogP contribution in [0.4, 0.5) is 0 Å². The van der Waals surface area contributed by atoms with Crippen LogP contribution in [-0.2, 0) is 4.74 Å². The van der Waals surface area contributed by atoms with Crippen molar-refractivity contribution in [2.45, 2.75) is 25.7 Å². The van der Waals surface area contributed by atoms with E-state index in [9.17, 15) is 4.79 Å². The van der Waals surface area contributed by atoms with Crippen LogP contribution in [0.5, 0.6) is 5.75 Å².